The van der Waals surface area contributed by atoms with Gasteiger partial charge in [-0.15, -0.1) is 6.58 Å². The fourth-order valence-corrected chi connectivity index (χ4v) is 1.67. The minimum absolute atomic E-state index is 0.0890. The SMILES string of the molecule is C=CCCNC(=O)C1CNc2ccccc2O1. The number of benzene rings is 1. The summed E-state index contributed by atoms with van der Waals surface area (Å²) in [6, 6.07) is 7.60. The molecular formula is C13H16N2O2. The van der Waals surface area contributed by atoms with E-state index >= 15 is 0 Å². The summed E-state index contributed by atoms with van der Waals surface area (Å²) in [6.45, 7) is 4.70. The molecule has 1 unspecified atom stereocenters. The van der Waals surface area contributed by atoms with Gasteiger partial charge < -0.3 is 15.4 Å². The Hall–Kier alpha value is -1.97. The Morgan fingerprint density at radius 3 is 3.24 bits per heavy atom. The first kappa shape index (κ1) is 11.5. The Kier molecular flexibility index (Phi) is 3.65. The predicted octanol–water partition coefficient (Wildman–Crippen LogP) is 1.55. The van der Waals surface area contributed by atoms with Gasteiger partial charge in [-0.2, -0.15) is 0 Å². The summed E-state index contributed by atoms with van der Waals surface area (Å²) in [5.74, 6) is 0.636. The van der Waals surface area contributed by atoms with E-state index < -0.39 is 6.10 Å². The van der Waals surface area contributed by atoms with Crippen LogP contribution in [-0.4, -0.2) is 25.1 Å². The second-order valence-corrected chi connectivity index (χ2v) is 3.85. The normalized spacial score (nSPS) is 17.3. The lowest BCUT2D eigenvalue weighted by molar-refractivity contribution is -0.127. The number of hydrogen-bond acceptors (Lipinski definition) is 3. The van der Waals surface area contributed by atoms with Gasteiger partial charge in [-0.05, 0) is 18.6 Å². The molecule has 1 aliphatic rings. The summed E-state index contributed by atoms with van der Waals surface area (Å²) in [4.78, 5) is 11.8. The van der Waals surface area contributed by atoms with E-state index in [9.17, 15) is 4.79 Å². The van der Waals surface area contributed by atoms with Gasteiger partial charge in [0.15, 0.2) is 6.10 Å². The molecule has 1 aromatic rings. The first-order valence-corrected chi connectivity index (χ1v) is 5.69. The molecular weight excluding hydrogens is 216 g/mol. The van der Waals surface area contributed by atoms with Gasteiger partial charge in [0.25, 0.3) is 5.91 Å². The third-order valence-corrected chi connectivity index (χ3v) is 2.57. The van der Waals surface area contributed by atoms with Crippen molar-refractivity contribution in [3.63, 3.8) is 0 Å². The van der Waals surface area contributed by atoms with Crippen molar-refractivity contribution in [1.29, 1.82) is 0 Å². The molecule has 0 radical (unpaired) electrons. The topological polar surface area (TPSA) is 50.4 Å². The molecule has 0 saturated heterocycles. The van der Waals surface area contributed by atoms with Gasteiger partial charge in [0, 0.05) is 6.54 Å². The smallest absolute Gasteiger partial charge is 0.262 e. The number of amides is 1. The van der Waals surface area contributed by atoms with E-state index in [0.29, 0.717) is 13.1 Å². The molecule has 1 aliphatic heterocycles. The molecule has 2 N–H and O–H groups in total. The van der Waals surface area contributed by atoms with Gasteiger partial charge in [-0.1, -0.05) is 18.2 Å². The molecule has 90 valence electrons. The van der Waals surface area contributed by atoms with E-state index in [1.165, 1.54) is 0 Å². The fourth-order valence-electron chi connectivity index (χ4n) is 1.67. The van der Waals surface area contributed by atoms with E-state index in [2.05, 4.69) is 17.2 Å². The Bertz CT molecular complexity index is 418. The van der Waals surface area contributed by atoms with Crippen LogP contribution in [0.25, 0.3) is 0 Å². The second kappa shape index (κ2) is 5.39. The van der Waals surface area contributed by atoms with E-state index in [1.54, 1.807) is 6.08 Å². The maximum atomic E-state index is 11.8. The van der Waals surface area contributed by atoms with E-state index in [-0.39, 0.29) is 5.91 Å². The van der Waals surface area contributed by atoms with Crippen LogP contribution in [-0.2, 0) is 4.79 Å². The molecule has 0 saturated carbocycles. The van der Waals surface area contributed by atoms with Crippen molar-refractivity contribution in [2.75, 3.05) is 18.4 Å². The van der Waals surface area contributed by atoms with Crippen LogP contribution in [0.15, 0.2) is 36.9 Å². The van der Waals surface area contributed by atoms with Crippen LogP contribution in [0.3, 0.4) is 0 Å². The highest BCUT2D eigenvalue weighted by molar-refractivity contribution is 5.83. The number of rotatable bonds is 4. The van der Waals surface area contributed by atoms with E-state index in [0.717, 1.165) is 17.9 Å². The van der Waals surface area contributed by atoms with Gasteiger partial charge in [-0.3, -0.25) is 4.79 Å². The van der Waals surface area contributed by atoms with Gasteiger partial charge in [0.1, 0.15) is 5.75 Å². The summed E-state index contributed by atoms with van der Waals surface area (Å²) in [5.41, 5.74) is 0.933. The Balaban J connectivity index is 1.93. The molecule has 2 rings (SSSR count). The second-order valence-electron chi connectivity index (χ2n) is 3.85. The van der Waals surface area contributed by atoms with E-state index in [4.69, 9.17) is 4.74 Å². The lowest BCUT2D eigenvalue weighted by atomic mass is 10.2. The molecule has 4 nitrogen and oxygen atoms in total. The molecule has 0 bridgehead atoms. The Morgan fingerprint density at radius 2 is 2.41 bits per heavy atom. The molecule has 1 aromatic carbocycles. The zero-order valence-electron chi connectivity index (χ0n) is 9.61. The number of carbonyl (C=O) groups is 1. The van der Waals surface area contributed by atoms with Crippen molar-refractivity contribution in [1.82, 2.24) is 5.32 Å². The van der Waals surface area contributed by atoms with Crippen molar-refractivity contribution in [2.45, 2.75) is 12.5 Å². The van der Waals surface area contributed by atoms with Crippen molar-refractivity contribution >= 4 is 11.6 Å². The predicted molar refractivity (Wildman–Crippen MR) is 67.2 cm³/mol. The maximum absolute atomic E-state index is 11.8. The maximum Gasteiger partial charge on any atom is 0.262 e. The molecule has 1 atom stereocenters. The zero-order chi connectivity index (χ0) is 12.1. The third-order valence-electron chi connectivity index (χ3n) is 2.57. The summed E-state index contributed by atoms with van der Waals surface area (Å²) in [5, 5.41) is 5.99. The van der Waals surface area contributed by atoms with Crippen molar-refractivity contribution in [3.05, 3.63) is 36.9 Å². The minimum Gasteiger partial charge on any atom is -0.477 e. The first-order chi connectivity index (χ1) is 8.31. The van der Waals surface area contributed by atoms with Crippen molar-refractivity contribution in [2.24, 2.45) is 0 Å². The van der Waals surface area contributed by atoms with Gasteiger partial charge in [0.05, 0.1) is 12.2 Å². The van der Waals surface area contributed by atoms with Crippen LogP contribution in [0.1, 0.15) is 6.42 Å². The molecule has 0 fully saturated rings. The molecule has 0 aliphatic carbocycles. The monoisotopic (exact) mass is 232 g/mol. The Labute approximate surface area is 101 Å². The molecule has 1 amide bonds. The Morgan fingerprint density at radius 1 is 1.59 bits per heavy atom. The number of ether oxygens (including phenoxy) is 1. The highest BCUT2D eigenvalue weighted by Gasteiger charge is 2.24. The summed E-state index contributed by atoms with van der Waals surface area (Å²) in [6.07, 6.45) is 2.08. The van der Waals surface area contributed by atoms with Crippen LogP contribution < -0.4 is 15.4 Å². The van der Waals surface area contributed by atoms with Crippen LogP contribution >= 0.6 is 0 Å². The average molecular weight is 232 g/mol. The fraction of sp³-hybridized carbons (Fsp3) is 0.308. The molecule has 0 aromatic heterocycles. The summed E-state index contributed by atoms with van der Waals surface area (Å²) >= 11 is 0. The van der Waals surface area contributed by atoms with E-state index in [1.807, 2.05) is 24.3 Å². The van der Waals surface area contributed by atoms with Crippen LogP contribution in [0.2, 0.25) is 0 Å². The highest BCUT2D eigenvalue weighted by atomic mass is 16.5. The standard InChI is InChI=1S/C13H16N2O2/c1-2-3-8-14-13(16)12-9-15-10-6-4-5-7-11(10)17-12/h2,4-7,12,15H,1,3,8-9H2,(H,14,16). The van der Waals surface area contributed by atoms with Crippen molar-refractivity contribution < 1.29 is 9.53 Å². The number of anilines is 1. The minimum atomic E-state index is -0.463. The van der Waals surface area contributed by atoms with Gasteiger partial charge in [0.2, 0.25) is 0 Å². The molecule has 0 spiro atoms. The lowest BCUT2D eigenvalue weighted by Crippen LogP contribution is -2.44. The number of para-hydroxylation sites is 2. The number of hydrogen-bond donors (Lipinski definition) is 2. The quantitative estimate of drug-likeness (QED) is 0.611. The van der Waals surface area contributed by atoms with Crippen LogP contribution in [0.5, 0.6) is 5.75 Å². The highest BCUT2D eigenvalue weighted by Crippen LogP contribution is 2.27. The van der Waals surface area contributed by atoms with Crippen molar-refractivity contribution in [3.8, 4) is 5.75 Å². The molecule has 4 heteroatoms. The summed E-state index contributed by atoms with van der Waals surface area (Å²) in [7, 11) is 0. The van der Waals surface area contributed by atoms with Crippen LogP contribution in [0, 0.1) is 0 Å². The van der Waals surface area contributed by atoms with Crippen LogP contribution in [0.4, 0.5) is 5.69 Å². The summed E-state index contributed by atoms with van der Waals surface area (Å²) < 4.78 is 5.62. The molecule has 1 heterocycles. The van der Waals surface area contributed by atoms with Gasteiger partial charge in [-0.25, -0.2) is 0 Å². The largest absolute Gasteiger partial charge is 0.477 e. The molecule has 17 heavy (non-hydrogen) atoms. The average Bonchev–Trinajstić information content (AvgIpc) is 2.38. The lowest BCUT2D eigenvalue weighted by Gasteiger charge is -2.26. The first-order valence-electron chi connectivity index (χ1n) is 5.69. The zero-order valence-corrected chi connectivity index (χ0v) is 9.61. The number of nitrogens with one attached hydrogen (secondary N) is 2. The van der Waals surface area contributed by atoms with Gasteiger partial charge >= 0.3 is 0 Å². The number of carbonyl (C=O) groups excluding carboxylic acids is 1. The number of fused-ring (bicyclic) bond motifs is 1. The third kappa shape index (κ3) is 2.78.